The molecular formula is C42H33F3N12OS2. The average Bonchev–Trinajstić information content (AvgIpc) is 3.90. The molecule has 13 nitrogen and oxygen atoms in total. The van der Waals surface area contributed by atoms with Gasteiger partial charge in [-0.1, -0.05) is 54.6 Å². The van der Waals surface area contributed by atoms with E-state index >= 15 is 0 Å². The number of alkyl halides is 3. The Balaban J connectivity index is 0.000000183. The smallest absolute Gasteiger partial charge is 0.387 e. The third kappa shape index (κ3) is 10.1. The molecule has 5 aromatic heterocycles. The maximum Gasteiger partial charge on any atom is 0.419 e. The maximum absolute atomic E-state index is 13.0. The van der Waals surface area contributed by atoms with E-state index < -0.39 is 29.7 Å². The van der Waals surface area contributed by atoms with Gasteiger partial charge in [0, 0.05) is 38.2 Å². The van der Waals surface area contributed by atoms with Crippen LogP contribution in [0.2, 0.25) is 0 Å². The standard InChI is InChI=1S/C21H16F3N7S.C21H17N5OS/c22-21(23,24)14-4-3-8-26-18(14)27-10-11-29-20-28-9-7-15(31-20)13(12-25)19-30-16-5-1-2-6-17(16)32-19;22-12-15(20-25-17-8-4-5-9-19(17)28-20)16-10-11-23-21(26-16)24-13-18(27)14-6-2-1-3-7-14/h1-9,13H,10-11H2,(H,26,27)(H,28,29,31);1-11,15,18,27H,13H2,(H,23,24,26). The molecule has 3 atom stereocenters. The summed E-state index contributed by atoms with van der Waals surface area (Å²) in [6.07, 6.45) is -0.742. The van der Waals surface area contributed by atoms with Crippen molar-refractivity contribution < 1.29 is 18.3 Å². The van der Waals surface area contributed by atoms with Crippen LogP contribution in [0.25, 0.3) is 20.4 Å². The average molecular weight is 843 g/mol. The van der Waals surface area contributed by atoms with Crippen molar-refractivity contribution >= 4 is 60.8 Å². The van der Waals surface area contributed by atoms with Crippen molar-refractivity contribution in [3.05, 3.63) is 154 Å². The molecule has 300 valence electrons. The lowest BCUT2D eigenvalue weighted by atomic mass is 10.1. The molecule has 3 unspecified atom stereocenters. The molecule has 0 aliphatic rings. The highest BCUT2D eigenvalue weighted by Gasteiger charge is 2.34. The van der Waals surface area contributed by atoms with E-state index in [1.165, 1.54) is 41.1 Å². The molecule has 0 amide bonds. The fourth-order valence-corrected chi connectivity index (χ4v) is 7.92. The van der Waals surface area contributed by atoms with E-state index in [0.29, 0.717) is 27.4 Å². The number of benzene rings is 3. The van der Waals surface area contributed by atoms with Gasteiger partial charge in [0.2, 0.25) is 11.9 Å². The zero-order chi connectivity index (χ0) is 41.9. The SMILES string of the molecule is N#CC(c1ccnc(NCC(O)c2ccccc2)n1)c1nc2ccccc2s1.N#CC(c1ccnc(NCCNc2ncccc2C(F)(F)F)n1)c1nc2ccccc2s1. The van der Waals surface area contributed by atoms with Gasteiger partial charge >= 0.3 is 6.18 Å². The van der Waals surface area contributed by atoms with Gasteiger partial charge in [0.05, 0.1) is 55.6 Å². The zero-order valence-electron chi connectivity index (χ0n) is 31.3. The maximum atomic E-state index is 13.0. The minimum absolute atomic E-state index is 0.160. The summed E-state index contributed by atoms with van der Waals surface area (Å²) in [4.78, 5) is 30.0. The van der Waals surface area contributed by atoms with E-state index in [4.69, 9.17) is 0 Å². The lowest BCUT2D eigenvalue weighted by molar-refractivity contribution is -0.137. The second-order valence-electron chi connectivity index (χ2n) is 12.8. The number of para-hydroxylation sites is 2. The highest BCUT2D eigenvalue weighted by molar-refractivity contribution is 7.19. The summed E-state index contributed by atoms with van der Waals surface area (Å²) in [5, 5.41) is 39.7. The number of fused-ring (bicyclic) bond motifs is 2. The molecular weight excluding hydrogens is 810 g/mol. The van der Waals surface area contributed by atoms with Crippen LogP contribution in [0.4, 0.5) is 30.9 Å². The van der Waals surface area contributed by atoms with Crippen LogP contribution in [0, 0.1) is 22.7 Å². The van der Waals surface area contributed by atoms with Crippen molar-refractivity contribution in [3.63, 3.8) is 0 Å². The summed E-state index contributed by atoms with van der Waals surface area (Å²) in [6, 6.07) is 34.9. The Morgan fingerprint density at radius 3 is 1.68 bits per heavy atom. The van der Waals surface area contributed by atoms with Gasteiger partial charge in [0.1, 0.15) is 27.7 Å². The summed E-state index contributed by atoms with van der Waals surface area (Å²) < 4.78 is 41.1. The molecule has 0 spiro atoms. The number of halogens is 3. The topological polar surface area (TPSA) is 194 Å². The molecule has 0 aliphatic carbocycles. The van der Waals surface area contributed by atoms with E-state index in [1.807, 2.05) is 78.9 Å². The first kappa shape index (κ1) is 41.1. The number of hydrogen-bond acceptors (Lipinski definition) is 15. The summed E-state index contributed by atoms with van der Waals surface area (Å²) in [5.74, 6) is -0.828. The number of rotatable bonds is 13. The Kier molecular flexibility index (Phi) is 13.1. The molecule has 60 heavy (non-hydrogen) atoms. The van der Waals surface area contributed by atoms with Gasteiger partial charge in [-0.05, 0) is 54.1 Å². The van der Waals surface area contributed by atoms with Crippen LogP contribution < -0.4 is 16.0 Å². The van der Waals surface area contributed by atoms with Crippen LogP contribution in [-0.4, -0.2) is 59.6 Å². The molecule has 3 aromatic carbocycles. The van der Waals surface area contributed by atoms with Gasteiger partial charge in [-0.15, -0.1) is 22.7 Å². The minimum atomic E-state index is -4.49. The normalized spacial score (nSPS) is 12.6. The van der Waals surface area contributed by atoms with Crippen LogP contribution in [0.1, 0.15) is 50.5 Å². The number of aliphatic hydroxyl groups is 1. The number of aromatic nitrogens is 7. The number of hydrogen-bond donors (Lipinski definition) is 4. The van der Waals surface area contributed by atoms with Crippen LogP contribution in [0.15, 0.2) is 122 Å². The first-order chi connectivity index (χ1) is 29.2. The Labute approximate surface area is 349 Å². The number of anilines is 3. The van der Waals surface area contributed by atoms with Gasteiger partial charge in [-0.3, -0.25) is 0 Å². The van der Waals surface area contributed by atoms with Crippen LogP contribution in [0.3, 0.4) is 0 Å². The summed E-state index contributed by atoms with van der Waals surface area (Å²) >= 11 is 2.92. The van der Waals surface area contributed by atoms with Crippen molar-refractivity contribution in [2.45, 2.75) is 24.1 Å². The summed E-state index contributed by atoms with van der Waals surface area (Å²) in [5.41, 5.74) is 2.75. The van der Waals surface area contributed by atoms with Crippen LogP contribution in [-0.2, 0) is 6.18 Å². The quantitative estimate of drug-likeness (QED) is 0.0808. The first-order valence-corrected chi connectivity index (χ1v) is 20.0. The Bertz CT molecular complexity index is 2700. The van der Waals surface area contributed by atoms with Crippen molar-refractivity contribution in [3.8, 4) is 12.1 Å². The van der Waals surface area contributed by atoms with Crippen LogP contribution >= 0.6 is 22.7 Å². The number of nitrogens with one attached hydrogen (secondary N) is 3. The predicted molar refractivity (Wildman–Crippen MR) is 224 cm³/mol. The molecule has 8 rings (SSSR count). The molecule has 0 aliphatic heterocycles. The second kappa shape index (κ2) is 19.1. The lowest BCUT2D eigenvalue weighted by Gasteiger charge is -2.13. The largest absolute Gasteiger partial charge is 0.419 e. The summed E-state index contributed by atoms with van der Waals surface area (Å²) in [7, 11) is 0. The first-order valence-electron chi connectivity index (χ1n) is 18.3. The van der Waals surface area contributed by atoms with E-state index in [0.717, 1.165) is 32.1 Å². The minimum Gasteiger partial charge on any atom is -0.387 e. The fourth-order valence-electron chi connectivity index (χ4n) is 5.87. The van der Waals surface area contributed by atoms with Crippen molar-refractivity contribution in [1.29, 1.82) is 10.5 Å². The molecule has 5 heterocycles. The van der Waals surface area contributed by atoms with Crippen molar-refractivity contribution in [2.24, 2.45) is 0 Å². The third-order valence-corrected chi connectivity index (χ3v) is 11.0. The molecule has 4 N–H and O–H groups in total. The van der Waals surface area contributed by atoms with Gasteiger partial charge < -0.3 is 21.1 Å². The Hall–Kier alpha value is -7.12. The van der Waals surface area contributed by atoms with Crippen molar-refractivity contribution in [1.82, 2.24) is 34.9 Å². The monoisotopic (exact) mass is 842 g/mol. The molecule has 0 saturated heterocycles. The Morgan fingerprint density at radius 2 is 1.13 bits per heavy atom. The molecule has 0 fully saturated rings. The number of aliphatic hydroxyl groups excluding tert-OH is 1. The highest BCUT2D eigenvalue weighted by Crippen LogP contribution is 2.34. The van der Waals surface area contributed by atoms with E-state index in [2.05, 4.69) is 63.0 Å². The van der Waals surface area contributed by atoms with Gasteiger partial charge in [-0.25, -0.2) is 34.9 Å². The van der Waals surface area contributed by atoms with E-state index in [9.17, 15) is 28.8 Å². The van der Waals surface area contributed by atoms with Crippen molar-refractivity contribution in [2.75, 3.05) is 35.6 Å². The van der Waals surface area contributed by atoms with Gasteiger partial charge in [-0.2, -0.15) is 23.7 Å². The highest BCUT2D eigenvalue weighted by atomic mass is 32.1. The molecule has 0 radical (unpaired) electrons. The third-order valence-electron chi connectivity index (χ3n) is 8.77. The molecule has 18 heteroatoms. The fraction of sp³-hybridized carbons (Fsp3) is 0.167. The van der Waals surface area contributed by atoms with Gasteiger partial charge in [0.25, 0.3) is 0 Å². The molecule has 0 saturated carbocycles. The predicted octanol–water partition coefficient (Wildman–Crippen LogP) is 8.57. The number of nitriles is 2. The lowest BCUT2D eigenvalue weighted by Crippen LogP contribution is -2.19. The zero-order valence-corrected chi connectivity index (χ0v) is 33.0. The second-order valence-corrected chi connectivity index (χ2v) is 15.0. The number of thiazole rings is 2. The summed E-state index contributed by atoms with van der Waals surface area (Å²) in [6.45, 7) is 0.675. The number of pyridine rings is 1. The van der Waals surface area contributed by atoms with Gasteiger partial charge in [0.15, 0.2) is 0 Å². The van der Waals surface area contributed by atoms with E-state index in [1.54, 1.807) is 18.3 Å². The van der Waals surface area contributed by atoms with E-state index in [-0.39, 0.29) is 31.4 Å². The molecule has 0 bridgehead atoms. The molecule has 8 aromatic rings. The number of nitrogens with zero attached hydrogens (tertiary/aromatic N) is 9. The Morgan fingerprint density at radius 1 is 0.600 bits per heavy atom. The van der Waals surface area contributed by atoms with Crippen LogP contribution in [0.5, 0.6) is 0 Å².